The SMILES string of the molecule is Cc1cccc(NC(=O)CN2C(=O)S/C(=C\c3c(OCc4ccc(C(=O)O)cc4)ccc4ccccc34)C2=O)c1. The van der Waals surface area contributed by atoms with Crippen molar-refractivity contribution in [1.29, 1.82) is 0 Å². The highest BCUT2D eigenvalue weighted by atomic mass is 32.2. The first-order valence-corrected chi connectivity index (χ1v) is 13.2. The number of hydrogen-bond donors (Lipinski definition) is 2. The molecule has 9 heteroatoms. The third-order valence-electron chi connectivity index (χ3n) is 6.28. The minimum Gasteiger partial charge on any atom is -0.488 e. The molecule has 0 unspecified atom stereocenters. The Morgan fingerprint density at radius 3 is 2.50 bits per heavy atom. The fraction of sp³-hybridized carbons (Fsp3) is 0.0968. The smallest absolute Gasteiger partial charge is 0.335 e. The second-order valence-corrected chi connectivity index (χ2v) is 10.2. The molecule has 4 aromatic carbocycles. The predicted octanol–water partition coefficient (Wildman–Crippen LogP) is 6.10. The van der Waals surface area contributed by atoms with Crippen LogP contribution in [-0.2, 0) is 16.2 Å². The zero-order valence-electron chi connectivity index (χ0n) is 21.4. The Kier molecular flexibility index (Phi) is 7.65. The number of anilines is 1. The van der Waals surface area contributed by atoms with Gasteiger partial charge in [0.05, 0.1) is 10.5 Å². The number of benzene rings is 4. The van der Waals surface area contributed by atoms with E-state index < -0.39 is 29.6 Å². The van der Waals surface area contributed by atoms with Crippen LogP contribution in [0.2, 0.25) is 0 Å². The summed E-state index contributed by atoms with van der Waals surface area (Å²) in [6.07, 6.45) is 1.62. The van der Waals surface area contributed by atoms with Crippen LogP contribution in [0.3, 0.4) is 0 Å². The highest BCUT2D eigenvalue weighted by Crippen LogP contribution is 2.37. The molecular formula is C31H24N2O6S. The number of nitrogens with zero attached hydrogens (tertiary/aromatic N) is 1. The number of aryl methyl sites for hydroxylation is 1. The van der Waals surface area contributed by atoms with Crippen LogP contribution < -0.4 is 10.1 Å². The standard InChI is InChI=1S/C31H24N2O6S/c1-19-5-4-7-23(15-19)32-28(34)17-33-29(35)27(40-31(33)38)16-25-24-8-3-2-6-21(24)13-14-26(25)39-18-20-9-11-22(12-10-20)30(36)37/h2-16H,17-18H2,1H3,(H,32,34)(H,36,37)/b27-16-. The van der Waals surface area contributed by atoms with Crippen LogP contribution in [0.1, 0.15) is 27.0 Å². The lowest BCUT2D eigenvalue weighted by Crippen LogP contribution is -2.36. The summed E-state index contributed by atoms with van der Waals surface area (Å²) in [7, 11) is 0. The number of carboxylic acid groups (broad SMARTS) is 1. The molecule has 0 radical (unpaired) electrons. The van der Waals surface area contributed by atoms with Gasteiger partial charge < -0.3 is 15.2 Å². The minimum atomic E-state index is -1.01. The molecule has 0 aliphatic carbocycles. The van der Waals surface area contributed by atoms with E-state index in [1.54, 1.807) is 36.4 Å². The summed E-state index contributed by atoms with van der Waals surface area (Å²) < 4.78 is 6.10. The van der Waals surface area contributed by atoms with Gasteiger partial charge >= 0.3 is 5.97 Å². The third-order valence-corrected chi connectivity index (χ3v) is 7.19. The van der Waals surface area contributed by atoms with E-state index >= 15 is 0 Å². The average Bonchev–Trinajstić information content (AvgIpc) is 3.20. The molecule has 4 aromatic rings. The maximum atomic E-state index is 13.2. The molecule has 0 bridgehead atoms. The van der Waals surface area contributed by atoms with Crippen molar-refractivity contribution >= 4 is 57.3 Å². The quantitative estimate of drug-likeness (QED) is 0.254. The van der Waals surface area contributed by atoms with Gasteiger partial charge in [-0.3, -0.25) is 19.3 Å². The van der Waals surface area contributed by atoms with Crippen molar-refractivity contribution < 1.29 is 29.0 Å². The van der Waals surface area contributed by atoms with E-state index in [1.165, 1.54) is 12.1 Å². The van der Waals surface area contributed by atoms with E-state index in [0.717, 1.165) is 38.6 Å². The molecule has 0 spiro atoms. The number of rotatable bonds is 8. The largest absolute Gasteiger partial charge is 0.488 e. The minimum absolute atomic E-state index is 0.166. The molecule has 1 fully saturated rings. The fourth-order valence-corrected chi connectivity index (χ4v) is 5.11. The first kappa shape index (κ1) is 26.7. The second-order valence-electron chi connectivity index (χ2n) is 9.17. The first-order chi connectivity index (χ1) is 19.3. The molecular weight excluding hydrogens is 528 g/mol. The number of nitrogens with one attached hydrogen (secondary N) is 1. The summed E-state index contributed by atoms with van der Waals surface area (Å²) in [5, 5.41) is 13.1. The van der Waals surface area contributed by atoms with Gasteiger partial charge in [0, 0.05) is 11.3 Å². The van der Waals surface area contributed by atoms with Gasteiger partial charge in [-0.1, -0.05) is 54.6 Å². The number of fused-ring (bicyclic) bond motifs is 1. The van der Waals surface area contributed by atoms with E-state index in [1.807, 2.05) is 49.4 Å². The molecule has 5 rings (SSSR count). The molecule has 1 aliphatic heterocycles. The van der Waals surface area contributed by atoms with Gasteiger partial charge in [0.15, 0.2) is 0 Å². The lowest BCUT2D eigenvalue weighted by molar-refractivity contribution is -0.127. The maximum Gasteiger partial charge on any atom is 0.335 e. The molecule has 1 heterocycles. The molecule has 2 N–H and O–H groups in total. The predicted molar refractivity (Wildman–Crippen MR) is 154 cm³/mol. The average molecular weight is 553 g/mol. The van der Waals surface area contributed by atoms with Crippen molar-refractivity contribution in [2.75, 3.05) is 11.9 Å². The van der Waals surface area contributed by atoms with Crippen molar-refractivity contribution in [3.05, 3.63) is 112 Å². The topological polar surface area (TPSA) is 113 Å². The summed E-state index contributed by atoms with van der Waals surface area (Å²) in [6.45, 7) is 1.66. The Balaban J connectivity index is 1.38. The summed E-state index contributed by atoms with van der Waals surface area (Å²) in [5.41, 5.74) is 3.12. The van der Waals surface area contributed by atoms with Gasteiger partial charge in [-0.15, -0.1) is 0 Å². The zero-order chi connectivity index (χ0) is 28.2. The number of imide groups is 1. The summed E-state index contributed by atoms with van der Waals surface area (Å²) in [4.78, 5) is 50.8. The number of thioether (sulfide) groups is 1. The van der Waals surface area contributed by atoms with E-state index in [4.69, 9.17) is 9.84 Å². The first-order valence-electron chi connectivity index (χ1n) is 12.4. The van der Waals surface area contributed by atoms with Crippen LogP contribution in [-0.4, -0.2) is 39.6 Å². The van der Waals surface area contributed by atoms with Crippen molar-refractivity contribution in [2.24, 2.45) is 0 Å². The van der Waals surface area contributed by atoms with Crippen LogP contribution in [0, 0.1) is 6.92 Å². The van der Waals surface area contributed by atoms with Gasteiger partial charge in [0.25, 0.3) is 11.1 Å². The van der Waals surface area contributed by atoms with Gasteiger partial charge in [0.1, 0.15) is 18.9 Å². The lowest BCUT2D eigenvalue weighted by atomic mass is 10.0. The van der Waals surface area contributed by atoms with E-state index in [2.05, 4.69) is 5.32 Å². The van der Waals surface area contributed by atoms with Crippen LogP contribution in [0.15, 0.2) is 89.8 Å². The van der Waals surface area contributed by atoms with Crippen molar-refractivity contribution in [3.63, 3.8) is 0 Å². The monoisotopic (exact) mass is 552 g/mol. The number of carbonyl (C=O) groups excluding carboxylic acids is 3. The number of ether oxygens (including phenoxy) is 1. The zero-order valence-corrected chi connectivity index (χ0v) is 22.2. The molecule has 1 aliphatic rings. The van der Waals surface area contributed by atoms with E-state index in [9.17, 15) is 19.2 Å². The van der Waals surface area contributed by atoms with Crippen LogP contribution >= 0.6 is 11.8 Å². The Morgan fingerprint density at radius 2 is 1.75 bits per heavy atom. The highest BCUT2D eigenvalue weighted by Gasteiger charge is 2.36. The van der Waals surface area contributed by atoms with Gasteiger partial charge in [-0.25, -0.2) is 4.79 Å². The molecule has 40 heavy (non-hydrogen) atoms. The van der Waals surface area contributed by atoms with Crippen LogP contribution in [0.4, 0.5) is 10.5 Å². The van der Waals surface area contributed by atoms with Crippen molar-refractivity contribution in [2.45, 2.75) is 13.5 Å². The highest BCUT2D eigenvalue weighted by molar-refractivity contribution is 8.18. The van der Waals surface area contributed by atoms with Gasteiger partial charge in [-0.05, 0) is 77.0 Å². The van der Waals surface area contributed by atoms with Gasteiger partial charge in [0.2, 0.25) is 5.91 Å². The molecule has 8 nitrogen and oxygen atoms in total. The van der Waals surface area contributed by atoms with Gasteiger partial charge in [-0.2, -0.15) is 0 Å². The number of aromatic carboxylic acids is 1. The third kappa shape index (κ3) is 5.89. The summed E-state index contributed by atoms with van der Waals surface area (Å²) in [6, 6.07) is 24.9. The molecule has 0 aromatic heterocycles. The van der Waals surface area contributed by atoms with E-state index in [0.29, 0.717) is 17.0 Å². The maximum absolute atomic E-state index is 13.2. The normalized spacial score (nSPS) is 14.1. The van der Waals surface area contributed by atoms with E-state index in [-0.39, 0.29) is 17.1 Å². The van der Waals surface area contributed by atoms with Crippen molar-refractivity contribution in [3.8, 4) is 5.75 Å². The summed E-state index contributed by atoms with van der Waals surface area (Å²) in [5.74, 6) is -1.55. The Morgan fingerprint density at radius 1 is 0.975 bits per heavy atom. The fourth-order valence-electron chi connectivity index (χ4n) is 4.29. The number of carboxylic acids is 1. The Bertz CT molecular complexity index is 1680. The second kappa shape index (κ2) is 11.5. The molecule has 0 atom stereocenters. The van der Waals surface area contributed by atoms with Crippen LogP contribution in [0.5, 0.6) is 5.75 Å². The lowest BCUT2D eigenvalue weighted by Gasteiger charge is -2.14. The summed E-state index contributed by atoms with van der Waals surface area (Å²) >= 11 is 0.771. The Labute approximate surface area is 234 Å². The van der Waals surface area contributed by atoms with Crippen LogP contribution in [0.25, 0.3) is 16.8 Å². The molecule has 0 saturated carbocycles. The Hall–Kier alpha value is -4.89. The number of amides is 3. The van der Waals surface area contributed by atoms with Crippen molar-refractivity contribution in [1.82, 2.24) is 4.90 Å². The molecule has 1 saturated heterocycles. The molecule has 200 valence electrons. The molecule has 3 amide bonds. The number of carbonyl (C=O) groups is 4. The number of hydrogen-bond acceptors (Lipinski definition) is 6.